The molecule has 1 aliphatic heterocycles. The van der Waals surface area contributed by atoms with E-state index >= 15 is 0 Å². The summed E-state index contributed by atoms with van der Waals surface area (Å²) >= 11 is 0. The third-order valence-corrected chi connectivity index (χ3v) is 6.40. The number of carbonyl (C=O) groups is 2. The Hall–Kier alpha value is -4.14. The Morgan fingerprint density at radius 1 is 1.06 bits per heavy atom. The Balaban J connectivity index is 2.45. The van der Waals surface area contributed by atoms with Gasteiger partial charge in [-0.25, -0.2) is 23.1 Å². The molecule has 1 heterocycles. The van der Waals surface area contributed by atoms with Gasteiger partial charge in [0.15, 0.2) is 0 Å². The number of anilines is 1. The number of nitrogens with two attached hydrogens (primary N) is 2. The third-order valence-electron chi connectivity index (χ3n) is 5.35. The number of rotatable bonds is 5. The van der Waals surface area contributed by atoms with Gasteiger partial charge in [-0.1, -0.05) is 36.4 Å². The molecular weight excluding hydrogens is 460 g/mol. The van der Waals surface area contributed by atoms with Crippen LogP contribution in [-0.4, -0.2) is 34.6 Å². The van der Waals surface area contributed by atoms with Crippen molar-refractivity contribution in [1.29, 1.82) is 5.26 Å². The first-order valence-electron chi connectivity index (χ1n) is 9.85. The van der Waals surface area contributed by atoms with E-state index in [1.807, 2.05) is 6.07 Å². The summed E-state index contributed by atoms with van der Waals surface area (Å²) in [7, 11) is -1.89. The molecule has 0 saturated carbocycles. The fraction of sp³-hybridized carbons (Fsp3) is 0.174. The number of ether oxygens (including phenoxy) is 2. The lowest BCUT2D eigenvalue weighted by Gasteiger charge is -2.36. The molecule has 10 nitrogen and oxygen atoms in total. The summed E-state index contributed by atoms with van der Waals surface area (Å²) < 4.78 is 34.1. The number of primary sulfonamides is 1. The fourth-order valence-corrected chi connectivity index (χ4v) is 4.62. The van der Waals surface area contributed by atoms with Gasteiger partial charge >= 0.3 is 11.9 Å². The minimum Gasteiger partial charge on any atom is -0.466 e. The molecule has 0 fully saturated rings. The van der Waals surface area contributed by atoms with Crippen LogP contribution in [0.25, 0.3) is 0 Å². The molecule has 1 unspecified atom stereocenters. The maximum Gasteiger partial charge on any atom is 0.355 e. The number of nitriles is 1. The van der Waals surface area contributed by atoms with E-state index in [4.69, 9.17) is 20.3 Å². The standard InChI is InChI=1S/C23H22N4O6S/c1-13-9-10-15(11-17(13)34(26,30)31)27-20(23(29)33-3)19(22(28)32-2)18(16(12-24)21(27)25)14-7-5-4-6-8-14/h4-11,18H,25H2,1-3H3,(H2,26,30,31). The van der Waals surface area contributed by atoms with Crippen molar-refractivity contribution in [3.8, 4) is 6.07 Å². The van der Waals surface area contributed by atoms with Crippen LogP contribution >= 0.6 is 0 Å². The number of aryl methyl sites for hydroxylation is 1. The van der Waals surface area contributed by atoms with Crippen LogP contribution in [0.3, 0.4) is 0 Å². The van der Waals surface area contributed by atoms with Crippen molar-refractivity contribution in [2.24, 2.45) is 10.9 Å². The van der Waals surface area contributed by atoms with Gasteiger partial charge in [-0.05, 0) is 30.2 Å². The van der Waals surface area contributed by atoms with E-state index in [-0.39, 0.29) is 33.2 Å². The molecule has 0 aromatic heterocycles. The van der Waals surface area contributed by atoms with Gasteiger partial charge in [0.1, 0.15) is 11.5 Å². The van der Waals surface area contributed by atoms with Gasteiger partial charge in [-0.15, -0.1) is 0 Å². The molecule has 34 heavy (non-hydrogen) atoms. The average Bonchev–Trinajstić information content (AvgIpc) is 2.82. The van der Waals surface area contributed by atoms with Crippen LogP contribution in [0.5, 0.6) is 0 Å². The van der Waals surface area contributed by atoms with Gasteiger partial charge in [0.05, 0.1) is 42.2 Å². The van der Waals surface area contributed by atoms with Crippen molar-refractivity contribution in [3.05, 3.63) is 82.3 Å². The maximum atomic E-state index is 13.0. The Kier molecular flexibility index (Phi) is 6.76. The van der Waals surface area contributed by atoms with Crippen molar-refractivity contribution in [3.63, 3.8) is 0 Å². The second-order valence-corrected chi connectivity index (χ2v) is 8.86. The second kappa shape index (κ2) is 9.38. The van der Waals surface area contributed by atoms with E-state index in [1.54, 1.807) is 37.3 Å². The van der Waals surface area contributed by atoms with Gasteiger partial charge in [-0.2, -0.15) is 5.26 Å². The van der Waals surface area contributed by atoms with Crippen molar-refractivity contribution in [2.45, 2.75) is 17.7 Å². The summed E-state index contributed by atoms with van der Waals surface area (Å²) in [4.78, 5) is 26.9. The molecule has 0 bridgehead atoms. The van der Waals surface area contributed by atoms with Gasteiger partial charge in [0.25, 0.3) is 0 Å². The summed E-state index contributed by atoms with van der Waals surface area (Å²) in [5, 5.41) is 15.4. The quantitative estimate of drug-likeness (QED) is 0.601. The maximum absolute atomic E-state index is 13.0. The molecule has 11 heteroatoms. The predicted molar refractivity (Wildman–Crippen MR) is 122 cm³/mol. The fourth-order valence-electron chi connectivity index (χ4n) is 3.82. The number of nitrogens with zero attached hydrogens (tertiary/aromatic N) is 2. The molecule has 1 atom stereocenters. The summed E-state index contributed by atoms with van der Waals surface area (Å²) in [6, 6.07) is 14.7. The smallest absolute Gasteiger partial charge is 0.355 e. The van der Waals surface area contributed by atoms with E-state index in [0.717, 1.165) is 19.1 Å². The van der Waals surface area contributed by atoms with Gasteiger partial charge in [-0.3, -0.25) is 4.90 Å². The lowest BCUT2D eigenvalue weighted by Crippen LogP contribution is -2.40. The normalized spacial score (nSPS) is 16.2. The van der Waals surface area contributed by atoms with E-state index in [2.05, 4.69) is 0 Å². The van der Waals surface area contributed by atoms with Crippen molar-refractivity contribution < 1.29 is 27.5 Å². The third kappa shape index (κ3) is 4.24. The van der Waals surface area contributed by atoms with Gasteiger partial charge in [0.2, 0.25) is 10.0 Å². The predicted octanol–water partition coefficient (Wildman–Crippen LogP) is 1.54. The Morgan fingerprint density at radius 2 is 1.68 bits per heavy atom. The minimum atomic E-state index is -4.14. The van der Waals surface area contributed by atoms with Crippen LogP contribution in [-0.2, 0) is 29.1 Å². The Labute approximate surface area is 196 Å². The van der Waals surface area contributed by atoms with Gasteiger partial charge in [0, 0.05) is 5.69 Å². The highest BCUT2D eigenvalue weighted by Gasteiger charge is 2.43. The number of hydrogen-bond acceptors (Lipinski definition) is 9. The Bertz CT molecular complexity index is 1370. The minimum absolute atomic E-state index is 0.0445. The van der Waals surface area contributed by atoms with Crippen molar-refractivity contribution >= 4 is 27.6 Å². The number of methoxy groups -OCH3 is 2. The number of carbonyl (C=O) groups excluding carboxylic acids is 2. The SMILES string of the molecule is COC(=O)C1=C(C(=O)OC)N(c2ccc(C)c(S(N)(=O)=O)c2)C(N)=C(C#N)C1c1ccccc1. The summed E-state index contributed by atoms with van der Waals surface area (Å²) in [5.41, 5.74) is 6.78. The zero-order chi connectivity index (χ0) is 25.2. The largest absolute Gasteiger partial charge is 0.466 e. The molecule has 0 aliphatic carbocycles. The highest BCUT2D eigenvalue weighted by Crippen LogP contribution is 2.43. The molecule has 3 rings (SSSR count). The molecule has 2 aromatic rings. The van der Waals surface area contributed by atoms with Crippen LogP contribution in [0.1, 0.15) is 17.0 Å². The van der Waals surface area contributed by atoms with E-state index in [0.29, 0.717) is 11.1 Å². The Morgan fingerprint density at radius 3 is 2.21 bits per heavy atom. The highest BCUT2D eigenvalue weighted by molar-refractivity contribution is 7.89. The molecule has 4 N–H and O–H groups in total. The molecule has 0 radical (unpaired) electrons. The molecule has 0 saturated heterocycles. The van der Waals surface area contributed by atoms with Crippen molar-refractivity contribution in [1.82, 2.24) is 0 Å². The molecule has 0 spiro atoms. The topological polar surface area (TPSA) is 166 Å². The summed E-state index contributed by atoms with van der Waals surface area (Å²) in [6.45, 7) is 1.54. The van der Waals surface area contributed by atoms with Crippen LogP contribution in [0.2, 0.25) is 0 Å². The monoisotopic (exact) mass is 482 g/mol. The van der Waals surface area contributed by atoms with E-state index in [1.165, 1.54) is 18.2 Å². The molecule has 1 aliphatic rings. The first-order valence-corrected chi connectivity index (χ1v) is 11.4. The number of sulfonamides is 1. The van der Waals surface area contributed by atoms with Crippen LogP contribution in [0.4, 0.5) is 5.69 Å². The van der Waals surface area contributed by atoms with Crippen LogP contribution in [0.15, 0.2) is 76.1 Å². The lowest BCUT2D eigenvalue weighted by atomic mass is 9.81. The first kappa shape index (κ1) is 24.5. The highest BCUT2D eigenvalue weighted by atomic mass is 32.2. The first-order chi connectivity index (χ1) is 16.1. The zero-order valence-electron chi connectivity index (χ0n) is 18.6. The average molecular weight is 483 g/mol. The van der Waals surface area contributed by atoms with Crippen LogP contribution in [0, 0.1) is 18.3 Å². The number of allylic oxidation sites excluding steroid dienone is 1. The lowest BCUT2D eigenvalue weighted by molar-refractivity contribution is -0.139. The number of esters is 2. The number of hydrogen-bond donors (Lipinski definition) is 2. The molecule has 2 aromatic carbocycles. The van der Waals surface area contributed by atoms with Crippen LogP contribution < -0.4 is 15.8 Å². The summed E-state index contributed by atoms with van der Waals surface area (Å²) in [5.74, 6) is -3.06. The van der Waals surface area contributed by atoms with Crippen molar-refractivity contribution in [2.75, 3.05) is 19.1 Å². The molecule has 176 valence electrons. The number of benzene rings is 2. The van der Waals surface area contributed by atoms with E-state index in [9.17, 15) is 23.3 Å². The molecule has 0 amide bonds. The molecular formula is C23H22N4O6S. The summed E-state index contributed by atoms with van der Waals surface area (Å²) in [6.07, 6.45) is 0. The van der Waals surface area contributed by atoms with Gasteiger partial charge < -0.3 is 15.2 Å². The second-order valence-electron chi connectivity index (χ2n) is 7.33. The van der Waals surface area contributed by atoms with E-state index < -0.39 is 27.9 Å². The zero-order valence-corrected chi connectivity index (χ0v) is 19.4.